The molecule has 1 aromatic heterocycles. The first kappa shape index (κ1) is 22.2. The average molecular weight is 453 g/mol. The van der Waals surface area contributed by atoms with Gasteiger partial charge in [0.2, 0.25) is 0 Å². The van der Waals surface area contributed by atoms with E-state index in [2.05, 4.69) is 34.7 Å². The number of aromatic amines is 1. The maximum atomic E-state index is 13.2. The lowest BCUT2D eigenvalue weighted by atomic mass is 10.1. The Kier molecular flexibility index (Phi) is 7.30. The molecule has 1 heterocycles. The van der Waals surface area contributed by atoms with E-state index in [0.717, 1.165) is 30.6 Å². The molecule has 3 aromatic carbocycles. The molecule has 6 heteroatoms. The van der Waals surface area contributed by atoms with Crippen molar-refractivity contribution in [1.29, 1.82) is 0 Å². The lowest BCUT2D eigenvalue weighted by Gasteiger charge is -2.14. The number of halogens is 2. The monoisotopic (exact) mass is 452 g/mol. The maximum absolute atomic E-state index is 13.2. The molecule has 32 heavy (non-hydrogen) atoms. The molecule has 0 saturated heterocycles. The molecule has 0 aliphatic carbocycles. The molecule has 4 rings (SSSR count). The highest BCUT2D eigenvalue weighted by Gasteiger charge is 2.09. The predicted molar refractivity (Wildman–Crippen MR) is 127 cm³/mol. The third kappa shape index (κ3) is 5.42. The summed E-state index contributed by atoms with van der Waals surface area (Å²) in [5.41, 5.74) is 4.31. The summed E-state index contributed by atoms with van der Waals surface area (Å²) in [5, 5.41) is 5.12. The molecular weight excluding hydrogens is 427 g/mol. The zero-order valence-electron chi connectivity index (χ0n) is 18.0. The number of hydrogen-bond acceptors (Lipinski definition) is 3. The van der Waals surface area contributed by atoms with Crippen LogP contribution in [0.2, 0.25) is 5.02 Å². The van der Waals surface area contributed by atoms with Crippen molar-refractivity contribution in [3.63, 3.8) is 0 Å². The van der Waals surface area contributed by atoms with E-state index in [4.69, 9.17) is 21.1 Å². The van der Waals surface area contributed by atoms with Gasteiger partial charge in [0.1, 0.15) is 12.4 Å². The molecule has 0 aliphatic heterocycles. The number of H-pyrrole nitrogens is 1. The number of para-hydroxylation sites is 1. The second-order valence-corrected chi connectivity index (χ2v) is 7.93. The van der Waals surface area contributed by atoms with E-state index >= 15 is 0 Å². The van der Waals surface area contributed by atoms with Gasteiger partial charge in [0.05, 0.1) is 11.6 Å². The number of hydrogen-bond donors (Lipinski definition) is 2. The zero-order valence-corrected chi connectivity index (χ0v) is 18.7. The molecule has 0 fully saturated rings. The Bertz CT molecular complexity index is 1190. The fourth-order valence-electron chi connectivity index (χ4n) is 3.64. The SMILES string of the molecule is CCOc1cc(CNCCc2c[nH]c3ccccc23)ccc1OCc1ccc(F)cc1Cl. The van der Waals surface area contributed by atoms with Gasteiger partial charge in [-0.1, -0.05) is 41.9 Å². The van der Waals surface area contributed by atoms with Crippen LogP contribution in [-0.4, -0.2) is 18.1 Å². The zero-order chi connectivity index (χ0) is 22.3. The number of benzene rings is 3. The van der Waals surface area contributed by atoms with E-state index in [1.54, 1.807) is 6.07 Å². The lowest BCUT2D eigenvalue weighted by Crippen LogP contribution is -2.16. The van der Waals surface area contributed by atoms with E-state index in [-0.39, 0.29) is 12.4 Å². The molecule has 0 radical (unpaired) electrons. The first-order chi connectivity index (χ1) is 15.6. The minimum absolute atomic E-state index is 0.238. The molecule has 4 nitrogen and oxygen atoms in total. The van der Waals surface area contributed by atoms with E-state index in [9.17, 15) is 4.39 Å². The first-order valence-corrected chi connectivity index (χ1v) is 11.1. The smallest absolute Gasteiger partial charge is 0.161 e. The third-order valence-corrected chi connectivity index (χ3v) is 5.63. The molecule has 0 bridgehead atoms. The Morgan fingerprint density at radius 1 is 0.969 bits per heavy atom. The van der Waals surface area contributed by atoms with Crippen LogP contribution in [0, 0.1) is 5.82 Å². The van der Waals surface area contributed by atoms with Crippen LogP contribution in [0.4, 0.5) is 4.39 Å². The molecule has 0 unspecified atom stereocenters. The summed E-state index contributed by atoms with van der Waals surface area (Å²) >= 11 is 6.10. The fourth-order valence-corrected chi connectivity index (χ4v) is 3.86. The summed E-state index contributed by atoms with van der Waals surface area (Å²) in [6, 6.07) is 18.5. The summed E-state index contributed by atoms with van der Waals surface area (Å²) in [5.74, 6) is 0.951. The van der Waals surface area contributed by atoms with Gasteiger partial charge in [0, 0.05) is 29.2 Å². The van der Waals surface area contributed by atoms with Crippen molar-refractivity contribution >= 4 is 22.5 Å². The normalized spacial score (nSPS) is 11.1. The number of ether oxygens (including phenoxy) is 2. The van der Waals surface area contributed by atoms with E-state index in [0.29, 0.717) is 23.1 Å². The second-order valence-electron chi connectivity index (χ2n) is 7.52. The molecule has 2 N–H and O–H groups in total. The van der Waals surface area contributed by atoms with Crippen LogP contribution >= 0.6 is 11.6 Å². The average Bonchev–Trinajstić information content (AvgIpc) is 3.20. The van der Waals surface area contributed by atoms with Crippen molar-refractivity contribution < 1.29 is 13.9 Å². The van der Waals surface area contributed by atoms with E-state index in [1.807, 2.05) is 31.2 Å². The third-order valence-electron chi connectivity index (χ3n) is 5.28. The van der Waals surface area contributed by atoms with Crippen molar-refractivity contribution in [3.05, 3.63) is 94.4 Å². The Balaban J connectivity index is 1.34. The first-order valence-electron chi connectivity index (χ1n) is 10.7. The van der Waals surface area contributed by atoms with Gasteiger partial charge in [-0.25, -0.2) is 4.39 Å². The van der Waals surface area contributed by atoms with E-state index < -0.39 is 0 Å². The van der Waals surface area contributed by atoms with Gasteiger partial charge in [0.25, 0.3) is 0 Å². The van der Waals surface area contributed by atoms with Crippen LogP contribution in [-0.2, 0) is 19.6 Å². The van der Waals surface area contributed by atoms with Crippen molar-refractivity contribution in [2.24, 2.45) is 0 Å². The predicted octanol–water partition coefficient (Wildman–Crippen LogP) is 6.27. The van der Waals surface area contributed by atoms with Crippen LogP contribution in [0.1, 0.15) is 23.6 Å². The summed E-state index contributed by atoms with van der Waals surface area (Å²) in [6.07, 6.45) is 3.03. The van der Waals surface area contributed by atoms with Gasteiger partial charge >= 0.3 is 0 Å². The minimum Gasteiger partial charge on any atom is -0.490 e. The quantitative estimate of drug-likeness (QED) is 0.279. The Hall–Kier alpha value is -3.02. The highest BCUT2D eigenvalue weighted by atomic mass is 35.5. The largest absolute Gasteiger partial charge is 0.490 e. The lowest BCUT2D eigenvalue weighted by molar-refractivity contribution is 0.269. The summed E-state index contributed by atoms with van der Waals surface area (Å²) < 4.78 is 24.9. The molecule has 0 saturated carbocycles. The molecular formula is C26H26ClFN2O2. The Morgan fingerprint density at radius 3 is 2.69 bits per heavy atom. The van der Waals surface area contributed by atoms with Crippen molar-refractivity contribution in [2.75, 3.05) is 13.2 Å². The van der Waals surface area contributed by atoms with Gasteiger partial charge in [-0.05, 0) is 61.3 Å². The highest BCUT2D eigenvalue weighted by Crippen LogP contribution is 2.30. The fraction of sp³-hybridized carbons (Fsp3) is 0.231. The maximum Gasteiger partial charge on any atom is 0.161 e. The van der Waals surface area contributed by atoms with Gasteiger partial charge < -0.3 is 19.8 Å². The molecule has 0 atom stereocenters. The van der Waals surface area contributed by atoms with Crippen molar-refractivity contribution in [2.45, 2.75) is 26.5 Å². The molecule has 166 valence electrons. The summed E-state index contributed by atoms with van der Waals surface area (Å²) in [7, 11) is 0. The molecule has 4 aromatic rings. The van der Waals surface area contributed by atoms with Gasteiger partial charge in [-0.3, -0.25) is 0 Å². The van der Waals surface area contributed by atoms with Crippen LogP contribution in [0.25, 0.3) is 10.9 Å². The van der Waals surface area contributed by atoms with E-state index in [1.165, 1.54) is 28.6 Å². The molecule has 0 spiro atoms. The number of rotatable bonds is 10. The minimum atomic E-state index is -0.365. The number of fused-ring (bicyclic) bond motifs is 1. The van der Waals surface area contributed by atoms with Crippen LogP contribution in [0.5, 0.6) is 11.5 Å². The summed E-state index contributed by atoms with van der Waals surface area (Å²) in [6.45, 7) is 4.30. The highest BCUT2D eigenvalue weighted by molar-refractivity contribution is 6.31. The van der Waals surface area contributed by atoms with Gasteiger partial charge in [-0.15, -0.1) is 0 Å². The van der Waals surface area contributed by atoms with Crippen LogP contribution < -0.4 is 14.8 Å². The molecule has 0 aliphatic rings. The summed E-state index contributed by atoms with van der Waals surface area (Å²) in [4.78, 5) is 3.32. The standard InChI is InChI=1S/C26H26ClFN2O2/c1-2-31-26-13-18(7-10-25(26)32-17-20-8-9-21(28)14-23(20)27)15-29-12-11-19-16-30-24-6-4-3-5-22(19)24/h3-10,13-14,16,29-30H,2,11-12,15,17H2,1H3. The topological polar surface area (TPSA) is 46.3 Å². The van der Waals surface area contributed by atoms with Gasteiger partial charge in [-0.2, -0.15) is 0 Å². The van der Waals surface area contributed by atoms with Gasteiger partial charge in [0.15, 0.2) is 11.5 Å². The second kappa shape index (κ2) is 10.5. The molecule has 0 amide bonds. The van der Waals surface area contributed by atoms with Crippen LogP contribution in [0.3, 0.4) is 0 Å². The Morgan fingerprint density at radius 2 is 1.84 bits per heavy atom. The van der Waals surface area contributed by atoms with Crippen molar-refractivity contribution in [1.82, 2.24) is 10.3 Å². The van der Waals surface area contributed by atoms with Crippen LogP contribution in [0.15, 0.2) is 66.9 Å². The number of aromatic nitrogens is 1. The number of nitrogens with one attached hydrogen (secondary N) is 2. The Labute approximate surface area is 192 Å². The van der Waals surface area contributed by atoms with Crippen molar-refractivity contribution in [3.8, 4) is 11.5 Å².